The standard InChI is InChI=1S/C14H20N4O5/c1-9(6-7-15)23-14(21)12(5-4-11(19)8-17-16)18-13(20)10(2)22-3/h8-10,12H,4-6H2,1-3H3,(H,18,20)/t9-,10+,12-/m0/s1. The van der Waals surface area contributed by atoms with E-state index in [9.17, 15) is 14.4 Å². The molecule has 1 N–H and O–H groups in total. The van der Waals surface area contributed by atoms with Gasteiger partial charge in [0.2, 0.25) is 11.7 Å². The molecule has 9 heteroatoms. The van der Waals surface area contributed by atoms with Gasteiger partial charge < -0.3 is 20.3 Å². The first-order valence-corrected chi connectivity index (χ1v) is 6.96. The zero-order chi connectivity index (χ0) is 17.8. The number of carbonyl (C=O) groups is 3. The van der Waals surface area contributed by atoms with Crippen molar-refractivity contribution in [1.29, 1.82) is 5.26 Å². The van der Waals surface area contributed by atoms with Crippen LogP contribution in [0.3, 0.4) is 0 Å². The van der Waals surface area contributed by atoms with Gasteiger partial charge in [0.1, 0.15) is 18.2 Å². The minimum Gasteiger partial charge on any atom is -0.460 e. The minimum atomic E-state index is -1.07. The highest BCUT2D eigenvalue weighted by atomic mass is 16.5. The number of amides is 1. The van der Waals surface area contributed by atoms with Crippen LogP contribution >= 0.6 is 0 Å². The maximum absolute atomic E-state index is 12.1. The van der Waals surface area contributed by atoms with Gasteiger partial charge in [-0.15, -0.1) is 0 Å². The number of nitrogens with one attached hydrogen (secondary N) is 1. The highest BCUT2D eigenvalue weighted by Crippen LogP contribution is 2.06. The van der Waals surface area contributed by atoms with Crippen LogP contribution in [-0.2, 0) is 23.9 Å². The molecule has 0 aliphatic rings. The number of ketones is 1. The number of Topliss-reactive ketones (excluding diaryl/α,β-unsaturated/α-hetero) is 1. The van der Waals surface area contributed by atoms with Gasteiger partial charge in [0.05, 0.1) is 12.5 Å². The van der Waals surface area contributed by atoms with Gasteiger partial charge in [-0.3, -0.25) is 9.59 Å². The summed E-state index contributed by atoms with van der Waals surface area (Å²) >= 11 is 0. The van der Waals surface area contributed by atoms with Crippen molar-refractivity contribution in [1.82, 2.24) is 5.32 Å². The summed E-state index contributed by atoms with van der Waals surface area (Å²) in [5, 5.41) is 11.0. The molecule has 0 unspecified atom stereocenters. The molecule has 0 aliphatic carbocycles. The molecule has 0 rings (SSSR count). The van der Waals surface area contributed by atoms with Crippen molar-refractivity contribution in [3.63, 3.8) is 0 Å². The number of esters is 1. The molecular weight excluding hydrogens is 304 g/mol. The zero-order valence-corrected chi connectivity index (χ0v) is 13.3. The lowest BCUT2D eigenvalue weighted by atomic mass is 10.1. The quantitative estimate of drug-likeness (QED) is 0.259. The third-order valence-corrected chi connectivity index (χ3v) is 2.90. The summed E-state index contributed by atoms with van der Waals surface area (Å²) in [5.41, 5.74) is 8.28. The Kier molecular flexibility index (Phi) is 9.83. The normalized spacial score (nSPS) is 13.7. The van der Waals surface area contributed by atoms with Crippen molar-refractivity contribution >= 4 is 23.9 Å². The maximum Gasteiger partial charge on any atom is 0.328 e. The molecule has 126 valence electrons. The van der Waals surface area contributed by atoms with Crippen LogP contribution in [0.2, 0.25) is 0 Å². The number of ether oxygens (including phenoxy) is 2. The number of carbonyl (C=O) groups excluding carboxylic acids is 3. The Bertz CT molecular complexity index is 522. The molecule has 3 atom stereocenters. The highest BCUT2D eigenvalue weighted by Gasteiger charge is 2.26. The van der Waals surface area contributed by atoms with Crippen molar-refractivity contribution in [2.24, 2.45) is 0 Å². The van der Waals surface area contributed by atoms with Gasteiger partial charge in [-0.1, -0.05) is 0 Å². The van der Waals surface area contributed by atoms with Crippen molar-refractivity contribution in [2.75, 3.05) is 7.11 Å². The number of methoxy groups -OCH3 is 1. The SMILES string of the molecule is CO[C@H](C)C(=O)N[C@@H](CCC(=O)C=[N+]=[N-])C(=O)O[C@@H](C)CC#N. The molecule has 0 radical (unpaired) electrons. The van der Waals surface area contributed by atoms with E-state index in [4.69, 9.17) is 20.3 Å². The molecule has 1 amide bonds. The molecule has 0 aromatic heterocycles. The van der Waals surface area contributed by atoms with Crippen LogP contribution in [0.25, 0.3) is 5.53 Å². The predicted octanol–water partition coefficient (Wildman–Crippen LogP) is 0.00138. The minimum absolute atomic E-state index is 0.0109. The van der Waals surface area contributed by atoms with Crippen molar-refractivity contribution < 1.29 is 28.6 Å². The Balaban J connectivity index is 4.87. The lowest BCUT2D eigenvalue weighted by Gasteiger charge is -2.20. The fourth-order valence-corrected chi connectivity index (χ4v) is 1.51. The highest BCUT2D eigenvalue weighted by molar-refractivity contribution is 6.25. The van der Waals surface area contributed by atoms with E-state index in [0.717, 1.165) is 0 Å². The first-order chi connectivity index (χ1) is 10.8. The average Bonchev–Trinajstić information content (AvgIpc) is 2.50. The van der Waals surface area contributed by atoms with E-state index >= 15 is 0 Å². The second kappa shape index (κ2) is 11.1. The summed E-state index contributed by atoms with van der Waals surface area (Å²) in [6.07, 6.45) is -0.862. The molecule has 9 nitrogen and oxygen atoms in total. The lowest BCUT2D eigenvalue weighted by Crippen LogP contribution is -2.46. The van der Waals surface area contributed by atoms with Crippen molar-refractivity contribution in [2.45, 2.75) is 51.4 Å². The van der Waals surface area contributed by atoms with Gasteiger partial charge in [-0.25, -0.2) is 4.79 Å². The molecule has 0 spiro atoms. The van der Waals surface area contributed by atoms with Gasteiger partial charge >= 0.3 is 12.2 Å². The van der Waals surface area contributed by atoms with E-state index < -0.39 is 35.9 Å². The Morgan fingerprint density at radius 3 is 2.57 bits per heavy atom. The Labute approximate surface area is 134 Å². The summed E-state index contributed by atoms with van der Waals surface area (Å²) in [4.78, 5) is 37.8. The number of hydrogen-bond donors (Lipinski definition) is 1. The second-order valence-corrected chi connectivity index (χ2v) is 4.80. The van der Waals surface area contributed by atoms with E-state index in [1.807, 2.05) is 6.07 Å². The third kappa shape index (κ3) is 8.46. The molecule has 23 heavy (non-hydrogen) atoms. The molecule has 0 aromatic carbocycles. The summed E-state index contributed by atoms with van der Waals surface area (Å²) < 4.78 is 9.90. The zero-order valence-electron chi connectivity index (χ0n) is 13.3. The van der Waals surface area contributed by atoms with Crippen LogP contribution in [-0.4, -0.2) is 54.0 Å². The monoisotopic (exact) mass is 324 g/mol. The Hall–Kier alpha value is -2.56. The van der Waals surface area contributed by atoms with Crippen LogP contribution in [0.5, 0.6) is 0 Å². The Morgan fingerprint density at radius 1 is 1.39 bits per heavy atom. The summed E-state index contributed by atoms with van der Waals surface area (Å²) in [7, 11) is 1.34. The second-order valence-electron chi connectivity index (χ2n) is 4.80. The van der Waals surface area contributed by atoms with Crippen LogP contribution in [0.1, 0.15) is 33.1 Å². The number of rotatable bonds is 10. The molecule has 0 saturated carbocycles. The number of nitrogens with zero attached hydrogens (tertiary/aromatic N) is 3. The molecule has 0 bridgehead atoms. The van der Waals surface area contributed by atoms with Crippen molar-refractivity contribution in [3.8, 4) is 6.07 Å². The van der Waals surface area contributed by atoms with E-state index in [1.165, 1.54) is 14.0 Å². The summed E-state index contributed by atoms with van der Waals surface area (Å²) in [5.74, 6) is -1.80. The van der Waals surface area contributed by atoms with Crippen LogP contribution in [0, 0.1) is 11.3 Å². The first-order valence-electron chi connectivity index (χ1n) is 6.96. The molecule has 0 aromatic rings. The van der Waals surface area contributed by atoms with E-state index in [1.54, 1.807) is 6.92 Å². The molecule has 0 saturated heterocycles. The third-order valence-electron chi connectivity index (χ3n) is 2.90. The Morgan fingerprint density at radius 2 is 2.04 bits per heavy atom. The predicted molar refractivity (Wildman–Crippen MR) is 78.1 cm³/mol. The first kappa shape index (κ1) is 20.4. The fraction of sp³-hybridized carbons (Fsp3) is 0.643. The van der Waals surface area contributed by atoms with Gasteiger partial charge in [0.25, 0.3) is 0 Å². The van der Waals surface area contributed by atoms with Crippen molar-refractivity contribution in [3.05, 3.63) is 5.53 Å². The van der Waals surface area contributed by atoms with Gasteiger partial charge in [-0.2, -0.15) is 10.1 Å². The van der Waals surface area contributed by atoms with Crippen LogP contribution < -0.4 is 5.32 Å². The van der Waals surface area contributed by atoms with E-state index in [0.29, 0.717) is 6.21 Å². The van der Waals surface area contributed by atoms with Crippen LogP contribution in [0.4, 0.5) is 0 Å². The molecule has 0 heterocycles. The van der Waals surface area contributed by atoms with Crippen LogP contribution in [0.15, 0.2) is 0 Å². The van der Waals surface area contributed by atoms with Gasteiger partial charge in [0.15, 0.2) is 0 Å². The number of nitriles is 1. The smallest absolute Gasteiger partial charge is 0.328 e. The molecular formula is C14H20N4O5. The van der Waals surface area contributed by atoms with E-state index in [-0.39, 0.29) is 19.3 Å². The topological polar surface area (TPSA) is 142 Å². The van der Waals surface area contributed by atoms with Gasteiger partial charge in [-0.05, 0) is 20.3 Å². The van der Waals surface area contributed by atoms with Gasteiger partial charge in [0, 0.05) is 13.5 Å². The average molecular weight is 324 g/mol. The summed E-state index contributed by atoms with van der Waals surface area (Å²) in [6.45, 7) is 3.04. The maximum atomic E-state index is 12.1. The van der Waals surface area contributed by atoms with E-state index in [2.05, 4.69) is 10.1 Å². The molecule has 0 fully saturated rings. The molecule has 0 aliphatic heterocycles. The summed E-state index contributed by atoms with van der Waals surface area (Å²) in [6, 6.07) is 0.791. The largest absolute Gasteiger partial charge is 0.460 e. The fourth-order valence-electron chi connectivity index (χ4n) is 1.51. The lowest BCUT2D eigenvalue weighted by molar-refractivity contribution is -0.153. The number of hydrogen-bond acceptors (Lipinski definition) is 6.